The Morgan fingerprint density at radius 3 is 2.07 bits per heavy atom. The Kier molecular flexibility index (Phi) is 4.74. The Bertz CT molecular complexity index is 290. The molecule has 2 N–H and O–H groups in total. The zero-order valence-electron chi connectivity index (χ0n) is 9.00. The number of hydrogen-bond donors (Lipinski definition) is 2. The van der Waals surface area contributed by atoms with Gasteiger partial charge in [0.05, 0.1) is 5.60 Å². The Labute approximate surface area is 84.0 Å². The van der Waals surface area contributed by atoms with Gasteiger partial charge in [-0.05, 0) is 38.0 Å². The van der Waals surface area contributed by atoms with Gasteiger partial charge in [-0.3, -0.25) is 0 Å². The monoisotopic (exact) mass is 200 g/mol. The van der Waals surface area contributed by atoms with Crippen LogP contribution in [0, 0.1) is 12.7 Å². The Balaban J connectivity index is 0.000000791. The maximum Gasteiger partial charge on any atom is 0.126 e. The average molecular weight is 200 g/mol. The molecule has 0 radical (unpaired) electrons. The van der Waals surface area contributed by atoms with E-state index in [9.17, 15) is 9.50 Å². The highest BCUT2D eigenvalue weighted by atomic mass is 19.1. The quantitative estimate of drug-likeness (QED) is 0.727. The molecule has 0 aromatic heterocycles. The van der Waals surface area contributed by atoms with Crippen molar-refractivity contribution < 1.29 is 14.6 Å². The standard InChI is InChI=1S/C10H13FO.CH4O/c1-7-4-5-8(6-9(7)11)10(2,3)12;1-2/h4-6,12H,1-3H3;2H,1H3. The normalized spacial score (nSPS) is 10.5. The van der Waals surface area contributed by atoms with Crippen LogP contribution in [-0.4, -0.2) is 17.3 Å². The molecule has 2 nitrogen and oxygen atoms in total. The maximum atomic E-state index is 13.0. The van der Waals surface area contributed by atoms with E-state index in [0.717, 1.165) is 7.11 Å². The van der Waals surface area contributed by atoms with Gasteiger partial charge in [0.15, 0.2) is 0 Å². The average Bonchev–Trinajstić information content (AvgIpc) is 2.11. The lowest BCUT2D eigenvalue weighted by atomic mass is 9.97. The minimum absolute atomic E-state index is 0.269. The van der Waals surface area contributed by atoms with Gasteiger partial charge >= 0.3 is 0 Å². The number of benzene rings is 1. The van der Waals surface area contributed by atoms with Gasteiger partial charge in [0.2, 0.25) is 0 Å². The lowest BCUT2D eigenvalue weighted by Crippen LogP contribution is -2.15. The van der Waals surface area contributed by atoms with Gasteiger partial charge in [0, 0.05) is 7.11 Å². The van der Waals surface area contributed by atoms with E-state index in [-0.39, 0.29) is 5.82 Å². The Morgan fingerprint density at radius 2 is 1.71 bits per heavy atom. The predicted molar refractivity (Wildman–Crippen MR) is 54.5 cm³/mol. The second-order valence-electron chi connectivity index (χ2n) is 3.52. The SMILES string of the molecule is CO.Cc1ccc(C(C)(C)O)cc1F. The van der Waals surface area contributed by atoms with Crippen LogP contribution in [0.3, 0.4) is 0 Å². The number of aliphatic hydroxyl groups is 2. The summed E-state index contributed by atoms with van der Waals surface area (Å²) in [5.74, 6) is -0.269. The number of aryl methyl sites for hydroxylation is 1. The number of halogens is 1. The van der Waals surface area contributed by atoms with Crippen molar-refractivity contribution in [2.45, 2.75) is 26.4 Å². The van der Waals surface area contributed by atoms with Crippen LogP contribution >= 0.6 is 0 Å². The van der Waals surface area contributed by atoms with Crippen LogP contribution in [0.25, 0.3) is 0 Å². The molecule has 3 heteroatoms. The molecule has 1 aromatic rings. The summed E-state index contributed by atoms with van der Waals surface area (Å²) in [5, 5.41) is 16.5. The third kappa shape index (κ3) is 3.44. The van der Waals surface area contributed by atoms with Crippen molar-refractivity contribution in [2.24, 2.45) is 0 Å². The van der Waals surface area contributed by atoms with Crippen LogP contribution < -0.4 is 0 Å². The molecular weight excluding hydrogens is 183 g/mol. The van der Waals surface area contributed by atoms with Gasteiger partial charge in [0.25, 0.3) is 0 Å². The topological polar surface area (TPSA) is 40.5 Å². The summed E-state index contributed by atoms with van der Waals surface area (Å²) in [5.41, 5.74) is 0.239. The van der Waals surface area contributed by atoms with Crippen molar-refractivity contribution in [3.05, 3.63) is 35.1 Å². The number of hydrogen-bond acceptors (Lipinski definition) is 2. The summed E-state index contributed by atoms with van der Waals surface area (Å²) < 4.78 is 13.0. The van der Waals surface area contributed by atoms with Gasteiger partial charge in [-0.2, -0.15) is 0 Å². The lowest BCUT2D eigenvalue weighted by molar-refractivity contribution is 0.0782. The molecule has 80 valence electrons. The third-order valence-electron chi connectivity index (χ3n) is 1.88. The molecule has 0 atom stereocenters. The lowest BCUT2D eigenvalue weighted by Gasteiger charge is -2.17. The second kappa shape index (κ2) is 5.08. The zero-order valence-corrected chi connectivity index (χ0v) is 9.00. The van der Waals surface area contributed by atoms with Gasteiger partial charge in [-0.15, -0.1) is 0 Å². The van der Waals surface area contributed by atoms with E-state index >= 15 is 0 Å². The fraction of sp³-hybridized carbons (Fsp3) is 0.455. The summed E-state index contributed by atoms with van der Waals surface area (Å²) in [6.45, 7) is 4.97. The molecule has 14 heavy (non-hydrogen) atoms. The molecule has 0 heterocycles. The summed E-state index contributed by atoms with van der Waals surface area (Å²) in [6.07, 6.45) is 0. The van der Waals surface area contributed by atoms with Crippen LogP contribution in [-0.2, 0) is 5.60 Å². The predicted octanol–water partition coefficient (Wildman–Crippen LogP) is 1.97. The molecule has 0 aliphatic carbocycles. The molecule has 0 amide bonds. The van der Waals surface area contributed by atoms with Crippen LogP contribution in [0.2, 0.25) is 0 Å². The molecule has 1 rings (SSSR count). The highest BCUT2D eigenvalue weighted by Crippen LogP contribution is 2.21. The minimum Gasteiger partial charge on any atom is -0.400 e. The third-order valence-corrected chi connectivity index (χ3v) is 1.88. The summed E-state index contributed by atoms with van der Waals surface area (Å²) >= 11 is 0. The fourth-order valence-corrected chi connectivity index (χ4v) is 0.973. The van der Waals surface area contributed by atoms with Crippen molar-refractivity contribution in [3.8, 4) is 0 Å². The van der Waals surface area contributed by atoms with Crippen LogP contribution in [0.5, 0.6) is 0 Å². The van der Waals surface area contributed by atoms with E-state index in [1.54, 1.807) is 32.9 Å². The summed E-state index contributed by atoms with van der Waals surface area (Å²) in [4.78, 5) is 0. The van der Waals surface area contributed by atoms with E-state index in [0.29, 0.717) is 11.1 Å². The van der Waals surface area contributed by atoms with E-state index in [1.807, 2.05) is 0 Å². The van der Waals surface area contributed by atoms with Crippen molar-refractivity contribution in [2.75, 3.05) is 7.11 Å². The first-order valence-corrected chi connectivity index (χ1v) is 4.35. The summed E-state index contributed by atoms with van der Waals surface area (Å²) in [7, 11) is 1.00. The van der Waals surface area contributed by atoms with Crippen LogP contribution in [0.15, 0.2) is 18.2 Å². The Morgan fingerprint density at radius 1 is 1.21 bits per heavy atom. The van der Waals surface area contributed by atoms with Crippen molar-refractivity contribution in [1.82, 2.24) is 0 Å². The number of rotatable bonds is 1. The minimum atomic E-state index is -0.964. The zero-order chi connectivity index (χ0) is 11.4. The molecule has 1 aromatic carbocycles. The molecule has 0 unspecified atom stereocenters. The second-order valence-corrected chi connectivity index (χ2v) is 3.52. The first-order valence-electron chi connectivity index (χ1n) is 4.35. The molecule has 0 spiro atoms. The first-order chi connectivity index (χ1) is 6.41. The molecule has 0 aliphatic heterocycles. The fourth-order valence-electron chi connectivity index (χ4n) is 0.973. The first kappa shape index (κ1) is 13.1. The van der Waals surface area contributed by atoms with E-state index in [4.69, 9.17) is 5.11 Å². The smallest absolute Gasteiger partial charge is 0.126 e. The molecule has 0 saturated carbocycles. The van der Waals surface area contributed by atoms with Crippen molar-refractivity contribution >= 4 is 0 Å². The van der Waals surface area contributed by atoms with Crippen LogP contribution in [0.4, 0.5) is 4.39 Å². The van der Waals surface area contributed by atoms with Gasteiger partial charge < -0.3 is 10.2 Å². The molecule has 0 aliphatic rings. The van der Waals surface area contributed by atoms with E-state index in [2.05, 4.69) is 0 Å². The van der Waals surface area contributed by atoms with E-state index in [1.165, 1.54) is 6.07 Å². The maximum absolute atomic E-state index is 13.0. The number of aliphatic hydroxyl groups excluding tert-OH is 1. The summed E-state index contributed by atoms with van der Waals surface area (Å²) in [6, 6.07) is 4.77. The molecule has 0 fully saturated rings. The Hall–Kier alpha value is -0.930. The van der Waals surface area contributed by atoms with Crippen molar-refractivity contribution in [1.29, 1.82) is 0 Å². The molecule has 0 bridgehead atoms. The largest absolute Gasteiger partial charge is 0.400 e. The van der Waals surface area contributed by atoms with Gasteiger partial charge in [-0.25, -0.2) is 4.39 Å². The van der Waals surface area contributed by atoms with Gasteiger partial charge in [0.1, 0.15) is 5.82 Å². The highest BCUT2D eigenvalue weighted by molar-refractivity contribution is 5.26. The van der Waals surface area contributed by atoms with E-state index < -0.39 is 5.60 Å². The van der Waals surface area contributed by atoms with Crippen molar-refractivity contribution in [3.63, 3.8) is 0 Å². The van der Waals surface area contributed by atoms with Crippen LogP contribution in [0.1, 0.15) is 25.0 Å². The molecular formula is C11H17FO2. The molecule has 0 saturated heterocycles. The van der Waals surface area contributed by atoms with Gasteiger partial charge in [-0.1, -0.05) is 12.1 Å². The highest BCUT2D eigenvalue weighted by Gasteiger charge is 2.16.